The number of nitrogens with zero attached hydrogens (tertiary/aromatic N) is 2. The van der Waals surface area contributed by atoms with E-state index in [1.54, 1.807) is 0 Å². The Kier molecular flexibility index (Phi) is 3.47. The summed E-state index contributed by atoms with van der Waals surface area (Å²) in [6.07, 6.45) is 0. The molecule has 0 aliphatic carbocycles. The van der Waals surface area contributed by atoms with Crippen LogP contribution in [0.4, 0.5) is 10.3 Å². The number of halogens is 1. The summed E-state index contributed by atoms with van der Waals surface area (Å²) in [7, 11) is 0. The van der Waals surface area contributed by atoms with Gasteiger partial charge in [-0.2, -0.15) is 4.98 Å². The van der Waals surface area contributed by atoms with E-state index in [1.165, 1.54) is 30.0 Å². The Morgan fingerprint density at radius 1 is 1.50 bits per heavy atom. The Bertz CT molecular complexity index is 585. The zero-order valence-electron chi connectivity index (χ0n) is 9.18. The fraction of sp³-hybridized carbons (Fsp3) is 0.100. The third kappa shape index (κ3) is 2.77. The number of aromatic nitrogens is 3. The van der Waals surface area contributed by atoms with Crippen molar-refractivity contribution in [3.8, 4) is 0 Å². The number of primary amides is 1. The summed E-state index contributed by atoms with van der Waals surface area (Å²) < 4.78 is 13.5. The lowest BCUT2D eigenvalue weighted by atomic mass is 10.1. The SMILES string of the molecule is NC(=O)c1ccc(F)c(CSc2n[nH]c(N)n2)c1. The molecular weight excluding hydrogens is 257 g/mol. The molecule has 0 aliphatic heterocycles. The van der Waals surface area contributed by atoms with Gasteiger partial charge in [-0.25, -0.2) is 9.49 Å². The lowest BCUT2D eigenvalue weighted by Crippen LogP contribution is -2.11. The molecule has 0 fully saturated rings. The number of thioether (sulfide) groups is 1. The molecule has 6 nitrogen and oxygen atoms in total. The molecule has 0 saturated heterocycles. The van der Waals surface area contributed by atoms with Crippen LogP contribution in [0, 0.1) is 5.82 Å². The van der Waals surface area contributed by atoms with Gasteiger partial charge in [-0.15, -0.1) is 5.10 Å². The van der Waals surface area contributed by atoms with Gasteiger partial charge in [0.2, 0.25) is 17.0 Å². The third-order valence-corrected chi connectivity index (χ3v) is 3.07. The highest BCUT2D eigenvalue weighted by molar-refractivity contribution is 7.98. The van der Waals surface area contributed by atoms with E-state index >= 15 is 0 Å². The topological polar surface area (TPSA) is 111 Å². The number of benzene rings is 1. The molecule has 1 amide bonds. The van der Waals surface area contributed by atoms with Crippen molar-refractivity contribution < 1.29 is 9.18 Å². The first kappa shape index (κ1) is 12.4. The first-order valence-electron chi connectivity index (χ1n) is 4.95. The number of aromatic amines is 1. The van der Waals surface area contributed by atoms with Crippen molar-refractivity contribution in [1.29, 1.82) is 0 Å². The monoisotopic (exact) mass is 267 g/mol. The normalized spacial score (nSPS) is 10.5. The van der Waals surface area contributed by atoms with E-state index in [1.807, 2.05) is 0 Å². The number of rotatable bonds is 4. The minimum Gasteiger partial charge on any atom is -0.368 e. The van der Waals surface area contributed by atoms with Crippen LogP contribution >= 0.6 is 11.8 Å². The number of hydrogen-bond acceptors (Lipinski definition) is 5. The Morgan fingerprint density at radius 2 is 2.28 bits per heavy atom. The van der Waals surface area contributed by atoms with E-state index in [-0.39, 0.29) is 17.3 Å². The van der Waals surface area contributed by atoms with E-state index in [0.29, 0.717) is 10.7 Å². The van der Waals surface area contributed by atoms with Gasteiger partial charge in [0.25, 0.3) is 0 Å². The summed E-state index contributed by atoms with van der Waals surface area (Å²) in [6, 6.07) is 3.97. The van der Waals surface area contributed by atoms with Crippen molar-refractivity contribution in [3.63, 3.8) is 0 Å². The fourth-order valence-corrected chi connectivity index (χ4v) is 2.08. The molecular formula is C10H10FN5OS. The van der Waals surface area contributed by atoms with Crippen LogP contribution in [0.3, 0.4) is 0 Å². The minimum absolute atomic E-state index is 0.198. The summed E-state index contributed by atoms with van der Waals surface area (Å²) in [5, 5.41) is 6.70. The summed E-state index contributed by atoms with van der Waals surface area (Å²) in [5.41, 5.74) is 11.1. The molecule has 0 atom stereocenters. The van der Waals surface area contributed by atoms with Crippen molar-refractivity contribution in [2.45, 2.75) is 10.9 Å². The highest BCUT2D eigenvalue weighted by Crippen LogP contribution is 2.22. The number of nitrogen functional groups attached to an aromatic ring is 1. The van der Waals surface area contributed by atoms with Crippen LogP contribution < -0.4 is 11.5 Å². The van der Waals surface area contributed by atoms with Crippen molar-refractivity contribution >= 4 is 23.6 Å². The minimum atomic E-state index is -0.594. The van der Waals surface area contributed by atoms with E-state index in [2.05, 4.69) is 15.2 Å². The van der Waals surface area contributed by atoms with Gasteiger partial charge >= 0.3 is 0 Å². The van der Waals surface area contributed by atoms with Crippen molar-refractivity contribution in [1.82, 2.24) is 15.2 Å². The summed E-state index contributed by atoms with van der Waals surface area (Å²) in [4.78, 5) is 14.9. The summed E-state index contributed by atoms with van der Waals surface area (Å²) in [5.74, 6) is -0.521. The largest absolute Gasteiger partial charge is 0.368 e. The number of anilines is 1. The molecule has 1 heterocycles. The standard InChI is InChI=1S/C10H10FN5OS/c11-7-2-1-5(8(12)17)3-6(7)4-18-10-14-9(13)15-16-10/h1-3H,4H2,(H2,12,17)(H3,13,14,15,16). The molecule has 18 heavy (non-hydrogen) atoms. The van der Waals surface area contributed by atoms with E-state index in [4.69, 9.17) is 11.5 Å². The van der Waals surface area contributed by atoms with Gasteiger partial charge in [0, 0.05) is 11.3 Å². The van der Waals surface area contributed by atoms with Crippen LogP contribution in [0.5, 0.6) is 0 Å². The van der Waals surface area contributed by atoms with Gasteiger partial charge in [0.15, 0.2) is 0 Å². The molecule has 0 spiro atoms. The quantitative estimate of drug-likeness (QED) is 0.713. The molecule has 1 aromatic heterocycles. The maximum Gasteiger partial charge on any atom is 0.248 e. The number of carbonyl (C=O) groups is 1. The van der Waals surface area contributed by atoms with Crippen molar-refractivity contribution in [2.75, 3.05) is 5.73 Å². The molecule has 1 aromatic carbocycles. The maximum absolute atomic E-state index is 13.5. The van der Waals surface area contributed by atoms with Crippen LogP contribution in [-0.4, -0.2) is 21.1 Å². The Hall–Kier alpha value is -2.09. The molecule has 2 rings (SSSR count). The number of nitrogens with one attached hydrogen (secondary N) is 1. The number of amides is 1. The van der Waals surface area contributed by atoms with E-state index in [9.17, 15) is 9.18 Å². The van der Waals surface area contributed by atoms with E-state index < -0.39 is 11.7 Å². The molecule has 0 bridgehead atoms. The second-order valence-corrected chi connectivity index (χ2v) is 4.40. The second kappa shape index (κ2) is 5.05. The van der Waals surface area contributed by atoms with Crippen LogP contribution in [-0.2, 0) is 5.75 Å². The Labute approximate surface area is 106 Å². The third-order valence-electron chi connectivity index (χ3n) is 2.17. The van der Waals surface area contributed by atoms with Gasteiger partial charge in [-0.3, -0.25) is 4.79 Å². The maximum atomic E-state index is 13.5. The van der Waals surface area contributed by atoms with Crippen molar-refractivity contribution in [2.24, 2.45) is 5.73 Å². The molecule has 0 aliphatic rings. The molecule has 94 valence electrons. The smallest absolute Gasteiger partial charge is 0.248 e. The lowest BCUT2D eigenvalue weighted by molar-refractivity contribution is 0.1000. The molecule has 0 radical (unpaired) electrons. The predicted molar refractivity (Wildman–Crippen MR) is 65.3 cm³/mol. The lowest BCUT2D eigenvalue weighted by Gasteiger charge is -2.03. The highest BCUT2D eigenvalue weighted by atomic mass is 32.2. The van der Waals surface area contributed by atoms with Crippen LogP contribution in [0.1, 0.15) is 15.9 Å². The average molecular weight is 267 g/mol. The molecule has 2 aromatic rings. The first-order valence-corrected chi connectivity index (χ1v) is 5.93. The van der Waals surface area contributed by atoms with Gasteiger partial charge < -0.3 is 11.5 Å². The average Bonchev–Trinajstić information content (AvgIpc) is 2.74. The number of H-pyrrole nitrogens is 1. The molecule has 8 heteroatoms. The zero-order valence-corrected chi connectivity index (χ0v) is 10.00. The second-order valence-electron chi connectivity index (χ2n) is 3.46. The molecule has 0 saturated carbocycles. The Balaban J connectivity index is 2.13. The zero-order chi connectivity index (χ0) is 13.1. The van der Waals surface area contributed by atoms with Gasteiger partial charge in [-0.1, -0.05) is 11.8 Å². The Morgan fingerprint density at radius 3 is 2.89 bits per heavy atom. The van der Waals surface area contributed by atoms with Gasteiger partial charge in [-0.05, 0) is 23.8 Å². The van der Waals surface area contributed by atoms with Crippen LogP contribution in [0.2, 0.25) is 0 Å². The van der Waals surface area contributed by atoms with Gasteiger partial charge in [0.05, 0.1) is 0 Å². The summed E-state index contributed by atoms with van der Waals surface area (Å²) >= 11 is 1.20. The van der Waals surface area contributed by atoms with Crippen molar-refractivity contribution in [3.05, 3.63) is 35.1 Å². The first-order chi connectivity index (χ1) is 8.56. The molecule has 5 N–H and O–H groups in total. The number of nitrogens with two attached hydrogens (primary N) is 2. The molecule has 0 unspecified atom stereocenters. The van der Waals surface area contributed by atoms with Crippen LogP contribution in [0.25, 0.3) is 0 Å². The predicted octanol–water partition coefficient (Wildman–Crippen LogP) is 0.917. The van der Waals surface area contributed by atoms with Crippen LogP contribution in [0.15, 0.2) is 23.4 Å². The summed E-state index contributed by atoms with van der Waals surface area (Å²) in [6.45, 7) is 0. The number of hydrogen-bond donors (Lipinski definition) is 3. The number of carbonyl (C=O) groups excluding carboxylic acids is 1. The van der Waals surface area contributed by atoms with Gasteiger partial charge in [0.1, 0.15) is 5.82 Å². The fourth-order valence-electron chi connectivity index (χ4n) is 1.30. The highest BCUT2D eigenvalue weighted by Gasteiger charge is 2.09. The van der Waals surface area contributed by atoms with E-state index in [0.717, 1.165) is 0 Å².